The van der Waals surface area contributed by atoms with Crippen molar-refractivity contribution in [2.45, 2.75) is 13.1 Å². The van der Waals surface area contributed by atoms with Crippen molar-refractivity contribution in [3.05, 3.63) is 60.4 Å². The monoisotopic (exact) mass is 267 g/mol. The van der Waals surface area contributed by atoms with Crippen LogP contribution < -0.4 is 5.32 Å². The summed E-state index contributed by atoms with van der Waals surface area (Å²) in [7, 11) is 0. The van der Waals surface area contributed by atoms with Crippen LogP contribution in [-0.4, -0.2) is 21.5 Å². The van der Waals surface area contributed by atoms with E-state index in [4.69, 9.17) is 5.11 Å². The van der Waals surface area contributed by atoms with Crippen LogP contribution in [0.15, 0.2) is 54.9 Å². The minimum Gasteiger partial charge on any atom is -0.394 e. The Bertz CT molecular complexity index is 700. The van der Waals surface area contributed by atoms with Crippen LogP contribution >= 0.6 is 0 Å². The molecule has 2 N–H and O–H groups in total. The second-order valence-electron chi connectivity index (χ2n) is 4.72. The van der Waals surface area contributed by atoms with E-state index in [1.54, 1.807) is 4.68 Å². The van der Waals surface area contributed by atoms with E-state index in [0.29, 0.717) is 6.54 Å². The topological polar surface area (TPSA) is 50.1 Å². The minimum atomic E-state index is 0.109. The Balaban J connectivity index is 1.76. The highest BCUT2D eigenvalue weighted by atomic mass is 16.3. The molecule has 0 aliphatic rings. The summed E-state index contributed by atoms with van der Waals surface area (Å²) in [6, 6.07) is 14.6. The van der Waals surface area contributed by atoms with Gasteiger partial charge in [0.1, 0.15) is 0 Å². The maximum Gasteiger partial charge on any atom is 0.0640 e. The molecule has 0 aliphatic heterocycles. The van der Waals surface area contributed by atoms with Gasteiger partial charge in [-0.05, 0) is 11.5 Å². The Labute approximate surface area is 117 Å². The zero-order chi connectivity index (χ0) is 13.8. The number of nitrogens with one attached hydrogen (secondary N) is 1. The first-order chi connectivity index (χ1) is 9.86. The van der Waals surface area contributed by atoms with Crippen molar-refractivity contribution < 1.29 is 5.11 Å². The summed E-state index contributed by atoms with van der Waals surface area (Å²) in [4.78, 5) is 0. The van der Waals surface area contributed by atoms with E-state index in [2.05, 4.69) is 40.7 Å². The third-order valence-corrected chi connectivity index (χ3v) is 3.29. The van der Waals surface area contributed by atoms with E-state index in [0.717, 1.165) is 17.8 Å². The van der Waals surface area contributed by atoms with E-state index >= 15 is 0 Å². The van der Waals surface area contributed by atoms with Crippen LogP contribution in [-0.2, 0) is 13.1 Å². The maximum absolute atomic E-state index is 8.88. The molecule has 4 nitrogen and oxygen atoms in total. The average Bonchev–Trinajstić information content (AvgIpc) is 2.93. The molecule has 3 aromatic rings. The van der Waals surface area contributed by atoms with Crippen LogP contribution in [0.5, 0.6) is 0 Å². The van der Waals surface area contributed by atoms with Gasteiger partial charge in [0.2, 0.25) is 0 Å². The first-order valence-corrected chi connectivity index (χ1v) is 6.70. The van der Waals surface area contributed by atoms with Crippen LogP contribution in [0.3, 0.4) is 0 Å². The molecule has 0 fully saturated rings. The average molecular weight is 267 g/mol. The molecule has 2 aromatic carbocycles. The van der Waals surface area contributed by atoms with E-state index in [9.17, 15) is 0 Å². The Morgan fingerprint density at radius 2 is 1.95 bits per heavy atom. The van der Waals surface area contributed by atoms with Gasteiger partial charge in [0.05, 0.1) is 19.3 Å². The highest BCUT2D eigenvalue weighted by Gasteiger charge is 2.01. The number of aliphatic hydroxyl groups excluding tert-OH is 1. The van der Waals surface area contributed by atoms with Gasteiger partial charge in [-0.3, -0.25) is 4.68 Å². The molecule has 1 aromatic heterocycles. The van der Waals surface area contributed by atoms with E-state index < -0.39 is 0 Å². The number of aliphatic hydroxyl groups is 1. The number of anilines is 1. The number of aromatic nitrogens is 2. The zero-order valence-electron chi connectivity index (χ0n) is 11.2. The number of hydrogen-bond donors (Lipinski definition) is 2. The molecule has 4 heteroatoms. The van der Waals surface area contributed by atoms with Crippen LogP contribution in [0, 0.1) is 0 Å². The fourth-order valence-electron chi connectivity index (χ4n) is 2.30. The molecule has 102 valence electrons. The summed E-state index contributed by atoms with van der Waals surface area (Å²) < 4.78 is 1.75. The standard InChI is InChI=1S/C16H17N3O/c20-9-8-19-12-13(11-18-19)10-17-16-7-3-5-14-4-1-2-6-15(14)16/h1-7,11-12,17,20H,8-10H2. The van der Waals surface area contributed by atoms with Gasteiger partial charge in [0.25, 0.3) is 0 Å². The Morgan fingerprint density at radius 3 is 2.85 bits per heavy atom. The van der Waals surface area contributed by atoms with Crippen LogP contribution in [0.2, 0.25) is 0 Å². The third kappa shape index (κ3) is 2.65. The SMILES string of the molecule is OCCn1cc(CNc2cccc3ccccc23)cn1. The van der Waals surface area contributed by atoms with Crippen LogP contribution in [0.25, 0.3) is 10.8 Å². The molecule has 0 saturated carbocycles. The van der Waals surface area contributed by atoms with Gasteiger partial charge < -0.3 is 10.4 Å². The molecule has 0 atom stereocenters. The van der Waals surface area contributed by atoms with E-state index in [1.165, 1.54) is 10.8 Å². The predicted octanol–water partition coefficient (Wildman–Crippen LogP) is 2.64. The van der Waals surface area contributed by atoms with Gasteiger partial charge in [0, 0.05) is 29.4 Å². The van der Waals surface area contributed by atoms with Gasteiger partial charge in [-0.25, -0.2) is 0 Å². The normalized spacial score (nSPS) is 10.8. The largest absolute Gasteiger partial charge is 0.394 e. The summed E-state index contributed by atoms with van der Waals surface area (Å²) >= 11 is 0. The Morgan fingerprint density at radius 1 is 1.10 bits per heavy atom. The highest BCUT2D eigenvalue weighted by Crippen LogP contribution is 2.23. The van der Waals surface area contributed by atoms with Crippen LogP contribution in [0.4, 0.5) is 5.69 Å². The number of hydrogen-bond acceptors (Lipinski definition) is 3. The summed E-state index contributed by atoms with van der Waals surface area (Å²) in [6.45, 7) is 1.37. The molecule has 3 rings (SSSR count). The summed E-state index contributed by atoms with van der Waals surface area (Å²) in [6.07, 6.45) is 3.78. The quantitative estimate of drug-likeness (QED) is 0.747. The second-order valence-corrected chi connectivity index (χ2v) is 4.72. The van der Waals surface area contributed by atoms with Crippen molar-refractivity contribution in [2.75, 3.05) is 11.9 Å². The fraction of sp³-hybridized carbons (Fsp3) is 0.188. The summed E-state index contributed by atoms with van der Waals surface area (Å²) in [5.41, 5.74) is 2.23. The fourth-order valence-corrected chi connectivity index (χ4v) is 2.30. The Kier molecular flexibility index (Phi) is 3.65. The smallest absolute Gasteiger partial charge is 0.0640 e. The third-order valence-electron chi connectivity index (χ3n) is 3.29. The first kappa shape index (κ1) is 12.7. The lowest BCUT2D eigenvalue weighted by molar-refractivity contribution is 0.269. The number of rotatable bonds is 5. The summed E-state index contributed by atoms with van der Waals surface area (Å²) in [5.74, 6) is 0. The maximum atomic E-state index is 8.88. The number of nitrogens with zero attached hydrogens (tertiary/aromatic N) is 2. The van der Waals surface area contributed by atoms with Gasteiger partial charge in [-0.1, -0.05) is 36.4 Å². The van der Waals surface area contributed by atoms with Crippen LogP contribution in [0.1, 0.15) is 5.56 Å². The van der Waals surface area contributed by atoms with Crippen molar-refractivity contribution in [1.29, 1.82) is 0 Å². The van der Waals surface area contributed by atoms with E-state index in [-0.39, 0.29) is 6.61 Å². The van der Waals surface area contributed by atoms with Gasteiger partial charge >= 0.3 is 0 Å². The first-order valence-electron chi connectivity index (χ1n) is 6.70. The van der Waals surface area contributed by atoms with E-state index in [1.807, 2.05) is 24.5 Å². The predicted molar refractivity (Wildman–Crippen MR) is 80.6 cm³/mol. The van der Waals surface area contributed by atoms with Crippen molar-refractivity contribution in [2.24, 2.45) is 0 Å². The van der Waals surface area contributed by atoms with Crippen molar-refractivity contribution in [3.8, 4) is 0 Å². The van der Waals surface area contributed by atoms with Gasteiger partial charge in [0.15, 0.2) is 0 Å². The Hall–Kier alpha value is -2.33. The second kappa shape index (κ2) is 5.75. The van der Waals surface area contributed by atoms with Crippen molar-refractivity contribution in [1.82, 2.24) is 9.78 Å². The highest BCUT2D eigenvalue weighted by molar-refractivity contribution is 5.93. The summed E-state index contributed by atoms with van der Waals surface area (Å²) in [5, 5.41) is 19.0. The van der Waals surface area contributed by atoms with Crippen molar-refractivity contribution in [3.63, 3.8) is 0 Å². The molecular weight excluding hydrogens is 250 g/mol. The van der Waals surface area contributed by atoms with Gasteiger partial charge in [-0.2, -0.15) is 5.10 Å². The minimum absolute atomic E-state index is 0.109. The lowest BCUT2D eigenvalue weighted by Crippen LogP contribution is -2.02. The molecule has 0 aliphatic carbocycles. The molecule has 0 saturated heterocycles. The molecule has 0 unspecified atom stereocenters. The molecule has 0 amide bonds. The molecule has 0 bridgehead atoms. The number of benzene rings is 2. The molecular formula is C16H17N3O. The molecule has 20 heavy (non-hydrogen) atoms. The lowest BCUT2D eigenvalue weighted by atomic mass is 10.1. The number of fused-ring (bicyclic) bond motifs is 1. The lowest BCUT2D eigenvalue weighted by Gasteiger charge is -2.08. The molecule has 0 radical (unpaired) electrons. The van der Waals surface area contributed by atoms with Gasteiger partial charge in [-0.15, -0.1) is 0 Å². The molecule has 1 heterocycles. The zero-order valence-corrected chi connectivity index (χ0v) is 11.2. The van der Waals surface area contributed by atoms with Crippen molar-refractivity contribution >= 4 is 16.5 Å². The molecule has 0 spiro atoms.